The Hall–Kier alpha value is -2.08. The number of amides is 2. The number of benzene rings is 1. The van der Waals surface area contributed by atoms with Crippen molar-refractivity contribution in [1.82, 2.24) is 15.3 Å². The summed E-state index contributed by atoms with van der Waals surface area (Å²) in [6, 6.07) is 5.29. The lowest BCUT2D eigenvalue weighted by atomic mass is 10.2. The topological polar surface area (TPSA) is 90.0 Å². The highest BCUT2D eigenvalue weighted by atomic mass is 16.2. The summed E-state index contributed by atoms with van der Waals surface area (Å²) in [6.45, 7) is 0.814. The summed E-state index contributed by atoms with van der Waals surface area (Å²) in [4.78, 5) is 18.7. The second-order valence-electron chi connectivity index (χ2n) is 4.30. The van der Waals surface area contributed by atoms with E-state index >= 15 is 0 Å². The lowest BCUT2D eigenvalue weighted by Crippen LogP contribution is -2.29. The Morgan fingerprint density at radius 2 is 2.21 bits per heavy atom. The summed E-state index contributed by atoms with van der Waals surface area (Å²) < 4.78 is 0. The van der Waals surface area contributed by atoms with Crippen molar-refractivity contribution in [3.8, 4) is 0 Å². The minimum atomic E-state index is -0.220. The van der Waals surface area contributed by atoms with Crippen LogP contribution in [0.3, 0.4) is 0 Å². The van der Waals surface area contributed by atoms with E-state index in [1.165, 1.54) is 0 Å². The maximum absolute atomic E-state index is 11.6. The number of nitrogens with one attached hydrogen (secondary N) is 3. The smallest absolute Gasteiger partial charge is 0.319 e. The molecule has 1 aromatic carbocycles. The highest BCUT2D eigenvalue weighted by Gasteiger charge is 2.02. The Bertz CT molecular complexity index is 538. The van der Waals surface area contributed by atoms with Gasteiger partial charge in [-0.25, -0.2) is 9.78 Å². The number of imidazole rings is 1. The molecular weight excluding hydrogens is 244 g/mol. The molecule has 0 atom stereocenters. The molecule has 0 bridgehead atoms. The number of urea groups is 1. The van der Waals surface area contributed by atoms with Gasteiger partial charge in [-0.05, 0) is 37.5 Å². The highest BCUT2D eigenvalue weighted by molar-refractivity contribution is 5.91. The van der Waals surface area contributed by atoms with Gasteiger partial charge < -0.3 is 20.7 Å². The fourth-order valence-corrected chi connectivity index (χ4v) is 1.80. The molecule has 2 amide bonds. The number of hydrogen-bond acceptors (Lipinski definition) is 3. The zero-order valence-corrected chi connectivity index (χ0v) is 10.6. The molecule has 0 spiro atoms. The maximum Gasteiger partial charge on any atom is 0.319 e. The normalized spacial score (nSPS) is 10.6. The molecular formula is C13H18N4O2. The molecule has 0 unspecified atom stereocenters. The predicted molar refractivity (Wildman–Crippen MR) is 74.1 cm³/mol. The van der Waals surface area contributed by atoms with Crippen molar-refractivity contribution in [1.29, 1.82) is 0 Å². The van der Waals surface area contributed by atoms with Crippen LogP contribution in [0.1, 0.15) is 19.3 Å². The molecule has 6 heteroatoms. The third kappa shape index (κ3) is 3.96. The molecule has 0 radical (unpaired) electrons. The molecule has 0 aliphatic carbocycles. The van der Waals surface area contributed by atoms with E-state index in [9.17, 15) is 4.79 Å². The van der Waals surface area contributed by atoms with Gasteiger partial charge in [-0.3, -0.25) is 0 Å². The van der Waals surface area contributed by atoms with Gasteiger partial charge in [-0.15, -0.1) is 0 Å². The summed E-state index contributed by atoms with van der Waals surface area (Å²) in [7, 11) is 0. The van der Waals surface area contributed by atoms with E-state index in [0.29, 0.717) is 6.54 Å². The first-order valence-corrected chi connectivity index (χ1v) is 6.38. The van der Waals surface area contributed by atoms with Crippen molar-refractivity contribution in [2.75, 3.05) is 18.5 Å². The molecule has 19 heavy (non-hydrogen) atoms. The molecule has 4 N–H and O–H groups in total. The van der Waals surface area contributed by atoms with E-state index in [4.69, 9.17) is 5.11 Å². The highest BCUT2D eigenvalue weighted by Crippen LogP contribution is 2.15. The molecule has 1 aromatic heterocycles. The number of fused-ring (bicyclic) bond motifs is 1. The van der Waals surface area contributed by atoms with Crippen LogP contribution >= 0.6 is 0 Å². The summed E-state index contributed by atoms with van der Waals surface area (Å²) in [5, 5.41) is 14.2. The van der Waals surface area contributed by atoms with Gasteiger partial charge in [-0.1, -0.05) is 0 Å². The summed E-state index contributed by atoms with van der Waals surface area (Å²) in [6.07, 6.45) is 4.18. The second-order valence-corrected chi connectivity index (χ2v) is 4.30. The number of hydrogen-bond donors (Lipinski definition) is 4. The standard InChI is InChI=1S/C13H18N4O2/c18-7-3-1-2-6-14-13(19)17-10-4-5-11-12(8-10)16-9-15-11/h4-5,8-9,18H,1-3,6-7H2,(H,15,16)(H2,14,17,19). The van der Waals surface area contributed by atoms with Gasteiger partial charge in [0.05, 0.1) is 17.4 Å². The molecule has 0 saturated carbocycles. The number of H-pyrrole nitrogens is 1. The first-order valence-electron chi connectivity index (χ1n) is 6.38. The van der Waals surface area contributed by atoms with E-state index in [-0.39, 0.29) is 12.6 Å². The fourth-order valence-electron chi connectivity index (χ4n) is 1.80. The number of anilines is 1. The van der Waals surface area contributed by atoms with Crippen molar-refractivity contribution in [2.45, 2.75) is 19.3 Å². The number of aromatic amines is 1. The lowest BCUT2D eigenvalue weighted by Gasteiger charge is -2.07. The zero-order valence-electron chi connectivity index (χ0n) is 10.6. The average Bonchev–Trinajstić information content (AvgIpc) is 2.86. The number of aromatic nitrogens is 2. The van der Waals surface area contributed by atoms with Gasteiger partial charge in [0.15, 0.2) is 0 Å². The number of carbonyl (C=O) groups excluding carboxylic acids is 1. The lowest BCUT2D eigenvalue weighted by molar-refractivity contribution is 0.251. The van der Waals surface area contributed by atoms with Gasteiger partial charge in [0, 0.05) is 18.8 Å². The van der Waals surface area contributed by atoms with E-state index in [1.54, 1.807) is 6.33 Å². The van der Waals surface area contributed by atoms with Crippen LogP contribution in [0.4, 0.5) is 10.5 Å². The molecule has 102 valence electrons. The third-order valence-electron chi connectivity index (χ3n) is 2.80. The molecule has 6 nitrogen and oxygen atoms in total. The van der Waals surface area contributed by atoms with E-state index in [1.807, 2.05) is 18.2 Å². The molecule has 2 aromatic rings. The van der Waals surface area contributed by atoms with E-state index in [0.717, 1.165) is 36.0 Å². The quantitative estimate of drug-likeness (QED) is 0.599. The Morgan fingerprint density at radius 3 is 3.05 bits per heavy atom. The van der Waals surface area contributed by atoms with Gasteiger partial charge in [0.1, 0.15) is 0 Å². The van der Waals surface area contributed by atoms with Crippen LogP contribution in [0.5, 0.6) is 0 Å². The minimum Gasteiger partial charge on any atom is -0.396 e. The van der Waals surface area contributed by atoms with Crippen molar-refractivity contribution >= 4 is 22.8 Å². The first-order chi connectivity index (χ1) is 9.29. The minimum absolute atomic E-state index is 0.205. The summed E-state index contributed by atoms with van der Waals surface area (Å²) in [5.74, 6) is 0. The van der Waals surface area contributed by atoms with Crippen molar-refractivity contribution in [3.05, 3.63) is 24.5 Å². The number of aliphatic hydroxyl groups excluding tert-OH is 1. The van der Waals surface area contributed by atoms with Gasteiger partial charge in [0.2, 0.25) is 0 Å². The Kier molecular flexibility index (Phi) is 4.74. The number of aliphatic hydroxyl groups is 1. The Balaban J connectivity index is 1.78. The zero-order chi connectivity index (χ0) is 13.5. The van der Waals surface area contributed by atoms with Crippen LogP contribution in [0.25, 0.3) is 11.0 Å². The van der Waals surface area contributed by atoms with Crippen molar-refractivity contribution in [2.24, 2.45) is 0 Å². The summed E-state index contributed by atoms with van der Waals surface area (Å²) in [5.41, 5.74) is 2.49. The third-order valence-corrected chi connectivity index (χ3v) is 2.80. The number of nitrogens with zero attached hydrogens (tertiary/aromatic N) is 1. The van der Waals surface area contributed by atoms with Gasteiger partial charge >= 0.3 is 6.03 Å². The Labute approximate surface area is 111 Å². The summed E-state index contributed by atoms with van der Waals surface area (Å²) >= 11 is 0. The number of rotatable bonds is 6. The van der Waals surface area contributed by atoms with E-state index in [2.05, 4.69) is 20.6 Å². The molecule has 0 saturated heterocycles. The van der Waals surface area contributed by atoms with Crippen molar-refractivity contribution < 1.29 is 9.90 Å². The molecule has 0 aliphatic heterocycles. The van der Waals surface area contributed by atoms with Gasteiger partial charge in [-0.2, -0.15) is 0 Å². The van der Waals surface area contributed by atoms with Crippen LogP contribution in [-0.2, 0) is 0 Å². The average molecular weight is 262 g/mol. The van der Waals surface area contributed by atoms with Gasteiger partial charge in [0.25, 0.3) is 0 Å². The largest absolute Gasteiger partial charge is 0.396 e. The van der Waals surface area contributed by atoms with Crippen LogP contribution in [-0.4, -0.2) is 34.3 Å². The van der Waals surface area contributed by atoms with Crippen LogP contribution < -0.4 is 10.6 Å². The predicted octanol–water partition coefficient (Wildman–Crippen LogP) is 1.85. The monoisotopic (exact) mass is 262 g/mol. The van der Waals surface area contributed by atoms with Crippen LogP contribution in [0, 0.1) is 0 Å². The Morgan fingerprint density at radius 1 is 1.32 bits per heavy atom. The fraction of sp³-hybridized carbons (Fsp3) is 0.385. The second kappa shape index (κ2) is 6.75. The van der Waals surface area contributed by atoms with Crippen LogP contribution in [0.2, 0.25) is 0 Å². The molecule has 0 aliphatic rings. The molecule has 1 heterocycles. The van der Waals surface area contributed by atoms with E-state index < -0.39 is 0 Å². The first kappa shape index (κ1) is 13.4. The van der Waals surface area contributed by atoms with Crippen LogP contribution in [0.15, 0.2) is 24.5 Å². The van der Waals surface area contributed by atoms with Crippen molar-refractivity contribution in [3.63, 3.8) is 0 Å². The number of carbonyl (C=O) groups is 1. The maximum atomic E-state index is 11.6. The molecule has 0 fully saturated rings. The number of unbranched alkanes of at least 4 members (excludes halogenated alkanes) is 2. The molecule has 2 rings (SSSR count). The SMILES string of the molecule is O=C(NCCCCCO)Nc1ccc2nc[nH]c2c1.